The highest BCUT2D eigenvalue weighted by Gasteiger charge is 2.44. The second kappa shape index (κ2) is 8.74. The van der Waals surface area contributed by atoms with Crippen LogP contribution in [0.15, 0.2) is 47.5 Å². The van der Waals surface area contributed by atoms with Crippen molar-refractivity contribution in [2.24, 2.45) is 5.41 Å². The fourth-order valence-corrected chi connectivity index (χ4v) is 5.67. The molecule has 1 spiro atoms. The smallest absolute Gasteiger partial charge is 0.271 e. The molecule has 1 aromatic carbocycles. The molecule has 3 aliphatic rings. The van der Waals surface area contributed by atoms with E-state index in [1.54, 1.807) is 35.3 Å². The zero-order valence-corrected chi connectivity index (χ0v) is 20.4. The van der Waals surface area contributed by atoms with Gasteiger partial charge in [0, 0.05) is 55.9 Å². The standard InChI is InChI=1S/C26H28F2N6O3/c27-26(28)7-5-19(6-8-26)33-24(35)4-2-21(30-33)18-16-29-32(17-18)22-3-1-20(34(36)37)15-23(22)31-13-11-25(9-10-25)12-14-31/h1-4,15-17,19H,5-14H2. The maximum atomic E-state index is 13.6. The Kier molecular flexibility index (Phi) is 5.61. The van der Waals surface area contributed by atoms with Gasteiger partial charge in [0.1, 0.15) is 0 Å². The number of hydrogen-bond donors (Lipinski definition) is 0. The molecule has 6 rings (SSSR count). The van der Waals surface area contributed by atoms with E-state index in [2.05, 4.69) is 15.1 Å². The zero-order valence-electron chi connectivity index (χ0n) is 20.4. The molecule has 2 saturated carbocycles. The van der Waals surface area contributed by atoms with Gasteiger partial charge in [-0.1, -0.05) is 0 Å². The molecule has 3 heterocycles. The van der Waals surface area contributed by atoms with Crippen LogP contribution >= 0.6 is 0 Å². The van der Waals surface area contributed by atoms with Crippen LogP contribution < -0.4 is 10.5 Å². The molecule has 37 heavy (non-hydrogen) atoms. The molecule has 2 aromatic heterocycles. The summed E-state index contributed by atoms with van der Waals surface area (Å²) in [7, 11) is 0. The van der Waals surface area contributed by atoms with Crippen molar-refractivity contribution in [1.82, 2.24) is 19.6 Å². The normalized spacial score (nSPS) is 20.8. The number of alkyl halides is 2. The average molecular weight is 511 g/mol. The lowest BCUT2D eigenvalue weighted by Gasteiger charge is -2.34. The molecule has 3 aromatic rings. The predicted molar refractivity (Wildman–Crippen MR) is 133 cm³/mol. The first-order chi connectivity index (χ1) is 17.7. The number of piperidine rings is 1. The molecule has 0 amide bonds. The quantitative estimate of drug-likeness (QED) is 0.348. The Hall–Kier alpha value is -3.63. The summed E-state index contributed by atoms with van der Waals surface area (Å²) in [4.78, 5) is 25.8. The van der Waals surface area contributed by atoms with Crippen LogP contribution in [0.25, 0.3) is 16.9 Å². The highest BCUT2D eigenvalue weighted by atomic mass is 19.3. The lowest BCUT2D eigenvalue weighted by Crippen LogP contribution is -2.35. The molecule has 1 saturated heterocycles. The SMILES string of the molecule is O=c1ccc(-c2cnn(-c3ccc([N+](=O)[O-])cc3N3CCC4(CC3)CC4)c2)nn1C1CCC(F)(F)CC1. The van der Waals surface area contributed by atoms with Gasteiger partial charge in [-0.05, 0) is 56.1 Å². The third-order valence-electron chi connectivity index (χ3n) is 8.27. The maximum Gasteiger partial charge on any atom is 0.271 e. The van der Waals surface area contributed by atoms with E-state index in [0.717, 1.165) is 37.3 Å². The Morgan fingerprint density at radius 3 is 2.38 bits per heavy atom. The van der Waals surface area contributed by atoms with Crippen LogP contribution in [0.1, 0.15) is 57.4 Å². The number of hydrogen-bond acceptors (Lipinski definition) is 6. The first-order valence-corrected chi connectivity index (χ1v) is 12.8. The molecule has 9 nitrogen and oxygen atoms in total. The average Bonchev–Trinajstić information content (AvgIpc) is 3.45. The van der Waals surface area contributed by atoms with Crippen molar-refractivity contribution < 1.29 is 13.7 Å². The number of benzene rings is 1. The number of rotatable bonds is 5. The van der Waals surface area contributed by atoms with Gasteiger partial charge < -0.3 is 4.90 Å². The van der Waals surface area contributed by atoms with E-state index in [1.807, 2.05) is 0 Å². The minimum Gasteiger partial charge on any atom is -0.370 e. The van der Waals surface area contributed by atoms with Gasteiger partial charge in [0.2, 0.25) is 5.92 Å². The van der Waals surface area contributed by atoms with E-state index >= 15 is 0 Å². The fourth-order valence-electron chi connectivity index (χ4n) is 5.67. The minimum absolute atomic E-state index is 0.0321. The van der Waals surface area contributed by atoms with E-state index in [-0.39, 0.29) is 47.9 Å². The summed E-state index contributed by atoms with van der Waals surface area (Å²) in [5.41, 5.74) is 2.85. The predicted octanol–water partition coefficient (Wildman–Crippen LogP) is 5.14. The molecule has 11 heteroatoms. The summed E-state index contributed by atoms with van der Waals surface area (Å²) < 4.78 is 30.2. The van der Waals surface area contributed by atoms with E-state index in [1.165, 1.54) is 29.7 Å². The van der Waals surface area contributed by atoms with Crippen LogP contribution in [0.4, 0.5) is 20.2 Å². The maximum absolute atomic E-state index is 13.6. The van der Waals surface area contributed by atoms with E-state index in [0.29, 0.717) is 16.7 Å². The molecule has 3 fully saturated rings. The molecular formula is C26H28F2N6O3. The van der Waals surface area contributed by atoms with Gasteiger partial charge in [0.25, 0.3) is 11.2 Å². The van der Waals surface area contributed by atoms with Gasteiger partial charge in [-0.25, -0.2) is 18.1 Å². The van der Waals surface area contributed by atoms with Crippen molar-refractivity contribution in [3.05, 3.63) is 63.2 Å². The van der Waals surface area contributed by atoms with Crippen molar-refractivity contribution in [3.63, 3.8) is 0 Å². The number of nitrogens with zero attached hydrogens (tertiary/aromatic N) is 6. The van der Waals surface area contributed by atoms with Crippen LogP contribution in [0.5, 0.6) is 0 Å². The van der Waals surface area contributed by atoms with Crippen molar-refractivity contribution in [2.45, 2.75) is 63.3 Å². The number of halogens is 2. The number of aromatic nitrogens is 4. The molecular weight excluding hydrogens is 482 g/mol. The molecule has 0 N–H and O–H groups in total. The topological polar surface area (TPSA) is 99.1 Å². The minimum atomic E-state index is -2.69. The summed E-state index contributed by atoms with van der Waals surface area (Å²) in [6.07, 6.45) is 8.00. The van der Waals surface area contributed by atoms with Gasteiger partial charge in [-0.15, -0.1) is 0 Å². The van der Waals surface area contributed by atoms with E-state index in [9.17, 15) is 23.7 Å². The molecule has 0 unspecified atom stereocenters. The number of anilines is 1. The second-order valence-corrected chi connectivity index (χ2v) is 10.7. The van der Waals surface area contributed by atoms with Crippen LogP contribution in [0.3, 0.4) is 0 Å². The summed E-state index contributed by atoms with van der Waals surface area (Å²) in [5, 5.41) is 20.5. The van der Waals surface area contributed by atoms with Gasteiger partial charge in [-0.2, -0.15) is 10.2 Å². The van der Waals surface area contributed by atoms with E-state index < -0.39 is 5.92 Å². The number of nitro groups is 1. The molecule has 2 aliphatic carbocycles. The monoisotopic (exact) mass is 510 g/mol. The Labute approximate surface area is 211 Å². The Bertz CT molecular complexity index is 1390. The van der Waals surface area contributed by atoms with Gasteiger partial charge in [0.05, 0.1) is 34.2 Å². The highest BCUT2D eigenvalue weighted by molar-refractivity contribution is 5.68. The third-order valence-corrected chi connectivity index (χ3v) is 8.27. The highest BCUT2D eigenvalue weighted by Crippen LogP contribution is 2.54. The summed E-state index contributed by atoms with van der Waals surface area (Å²) in [6, 6.07) is 7.45. The molecule has 0 radical (unpaired) electrons. The zero-order chi connectivity index (χ0) is 25.8. The largest absolute Gasteiger partial charge is 0.370 e. The summed E-state index contributed by atoms with van der Waals surface area (Å²) in [5.74, 6) is -2.69. The lowest BCUT2D eigenvalue weighted by molar-refractivity contribution is -0.384. The van der Waals surface area contributed by atoms with Crippen LogP contribution in [0, 0.1) is 15.5 Å². The van der Waals surface area contributed by atoms with Gasteiger partial charge >= 0.3 is 0 Å². The van der Waals surface area contributed by atoms with Crippen LogP contribution in [-0.4, -0.2) is 43.5 Å². The second-order valence-electron chi connectivity index (χ2n) is 10.7. The van der Waals surface area contributed by atoms with Crippen LogP contribution in [0.2, 0.25) is 0 Å². The molecule has 0 bridgehead atoms. The Balaban J connectivity index is 1.30. The fraction of sp³-hybridized carbons (Fsp3) is 0.500. The molecule has 1 aliphatic heterocycles. The van der Waals surface area contributed by atoms with Crippen molar-refractivity contribution >= 4 is 11.4 Å². The first-order valence-electron chi connectivity index (χ1n) is 12.8. The Morgan fingerprint density at radius 2 is 1.70 bits per heavy atom. The van der Waals surface area contributed by atoms with Gasteiger partial charge in [-0.3, -0.25) is 14.9 Å². The summed E-state index contributed by atoms with van der Waals surface area (Å²) in [6.45, 7) is 1.69. The van der Waals surface area contributed by atoms with Crippen molar-refractivity contribution in [2.75, 3.05) is 18.0 Å². The molecule has 194 valence electrons. The first kappa shape index (κ1) is 23.7. The number of non-ortho nitro benzene ring substituents is 1. The Morgan fingerprint density at radius 1 is 0.973 bits per heavy atom. The lowest BCUT2D eigenvalue weighted by atomic mass is 9.92. The van der Waals surface area contributed by atoms with Crippen LogP contribution in [-0.2, 0) is 0 Å². The third kappa shape index (κ3) is 4.62. The van der Waals surface area contributed by atoms with Gasteiger partial charge in [0.15, 0.2) is 0 Å². The van der Waals surface area contributed by atoms with E-state index in [4.69, 9.17) is 0 Å². The summed E-state index contributed by atoms with van der Waals surface area (Å²) >= 11 is 0. The van der Waals surface area contributed by atoms with Crippen molar-refractivity contribution in [1.29, 1.82) is 0 Å². The van der Waals surface area contributed by atoms with Crippen molar-refractivity contribution in [3.8, 4) is 16.9 Å². The number of nitro benzene ring substituents is 1. The molecule has 0 atom stereocenters.